The molecule has 7 nitrogen and oxygen atoms in total. The first-order valence-electron chi connectivity index (χ1n) is 12.1. The Morgan fingerprint density at radius 2 is 1.57 bits per heavy atom. The molecule has 2 N–H and O–H groups in total. The number of rotatable bonds is 10. The molecule has 7 heteroatoms. The van der Waals surface area contributed by atoms with E-state index in [9.17, 15) is 14.4 Å². The Hall–Kier alpha value is -3.35. The maximum Gasteiger partial charge on any atom is 0.407 e. The first-order valence-corrected chi connectivity index (χ1v) is 12.1. The van der Waals surface area contributed by atoms with Crippen LogP contribution in [0.3, 0.4) is 0 Å². The summed E-state index contributed by atoms with van der Waals surface area (Å²) < 4.78 is 5.61. The van der Waals surface area contributed by atoms with Crippen LogP contribution < -0.4 is 5.32 Å². The fraction of sp³-hybridized carbons (Fsp3) is 0.464. The Labute approximate surface area is 207 Å². The van der Waals surface area contributed by atoms with Gasteiger partial charge in [0.1, 0.15) is 13.2 Å². The van der Waals surface area contributed by atoms with Crippen molar-refractivity contribution in [3.05, 3.63) is 59.7 Å². The van der Waals surface area contributed by atoms with E-state index >= 15 is 0 Å². The van der Waals surface area contributed by atoms with Crippen LogP contribution in [0, 0.1) is 11.3 Å². The zero-order valence-corrected chi connectivity index (χ0v) is 21.0. The van der Waals surface area contributed by atoms with E-state index in [1.807, 2.05) is 24.3 Å². The molecule has 0 saturated carbocycles. The molecule has 0 spiro atoms. The lowest BCUT2D eigenvalue weighted by Gasteiger charge is -2.31. The van der Waals surface area contributed by atoms with Crippen molar-refractivity contribution in [3.8, 4) is 11.1 Å². The number of carboxylic acid groups (broad SMARTS) is 1. The first kappa shape index (κ1) is 26.3. The van der Waals surface area contributed by atoms with E-state index in [1.165, 1.54) is 34.2 Å². The van der Waals surface area contributed by atoms with Gasteiger partial charge in [0, 0.05) is 25.9 Å². The third kappa shape index (κ3) is 6.84. The van der Waals surface area contributed by atoms with E-state index in [4.69, 9.17) is 9.84 Å². The Kier molecular flexibility index (Phi) is 8.54. The Morgan fingerprint density at radius 1 is 1.00 bits per heavy atom. The fourth-order valence-electron chi connectivity index (χ4n) is 4.79. The average Bonchev–Trinajstić information content (AvgIpc) is 3.12. The minimum Gasteiger partial charge on any atom is -0.480 e. The predicted molar refractivity (Wildman–Crippen MR) is 135 cm³/mol. The predicted octanol–water partition coefficient (Wildman–Crippen LogP) is 4.90. The molecule has 0 heterocycles. The zero-order chi connectivity index (χ0) is 25.6. The summed E-state index contributed by atoms with van der Waals surface area (Å²) in [4.78, 5) is 36.8. The van der Waals surface area contributed by atoms with E-state index < -0.39 is 12.1 Å². The molecular weight excluding hydrogens is 444 g/mol. The molecule has 35 heavy (non-hydrogen) atoms. The number of hydrogen-bond donors (Lipinski definition) is 2. The van der Waals surface area contributed by atoms with E-state index in [-0.39, 0.29) is 42.7 Å². The number of carbonyl (C=O) groups excluding carboxylic acids is 2. The summed E-state index contributed by atoms with van der Waals surface area (Å²) >= 11 is 0. The van der Waals surface area contributed by atoms with Crippen LogP contribution in [0.4, 0.5) is 4.79 Å². The van der Waals surface area contributed by atoms with Gasteiger partial charge in [-0.25, -0.2) is 4.79 Å². The van der Waals surface area contributed by atoms with Gasteiger partial charge in [-0.1, -0.05) is 69.3 Å². The maximum atomic E-state index is 12.5. The molecule has 0 radical (unpaired) electrons. The molecule has 0 bridgehead atoms. The second kappa shape index (κ2) is 11.4. The van der Waals surface area contributed by atoms with Crippen molar-refractivity contribution in [2.75, 3.05) is 26.7 Å². The quantitative estimate of drug-likeness (QED) is 0.504. The summed E-state index contributed by atoms with van der Waals surface area (Å²) in [7, 11) is 1.50. The molecule has 2 aromatic rings. The molecule has 188 valence electrons. The number of nitrogens with one attached hydrogen (secondary N) is 1. The lowest BCUT2D eigenvalue weighted by Crippen LogP contribution is -2.34. The van der Waals surface area contributed by atoms with Crippen LogP contribution in [0.5, 0.6) is 0 Å². The SMILES string of the molecule is CN(CC(=O)O)C(=O)CCC(CCNC(=O)OCC1c2ccccc2-c2ccccc21)C(C)(C)C. The third-order valence-corrected chi connectivity index (χ3v) is 6.84. The Balaban J connectivity index is 1.49. The summed E-state index contributed by atoms with van der Waals surface area (Å²) in [5, 5.41) is 11.7. The molecule has 0 fully saturated rings. The molecule has 0 saturated heterocycles. The van der Waals surface area contributed by atoms with Gasteiger partial charge >= 0.3 is 12.1 Å². The molecule has 1 unspecified atom stereocenters. The minimum absolute atomic E-state index is 0.0179. The van der Waals surface area contributed by atoms with Crippen molar-refractivity contribution in [3.63, 3.8) is 0 Å². The van der Waals surface area contributed by atoms with Crippen molar-refractivity contribution < 1.29 is 24.2 Å². The Bertz CT molecular complexity index is 1010. The number of aliphatic carboxylic acids is 1. The summed E-state index contributed by atoms with van der Waals surface area (Å²) in [5.74, 6) is -1.02. The second-order valence-corrected chi connectivity index (χ2v) is 10.3. The first-order chi connectivity index (χ1) is 16.6. The highest BCUT2D eigenvalue weighted by atomic mass is 16.5. The minimum atomic E-state index is -1.03. The van der Waals surface area contributed by atoms with Gasteiger partial charge in [0.25, 0.3) is 0 Å². The lowest BCUT2D eigenvalue weighted by atomic mass is 9.76. The largest absolute Gasteiger partial charge is 0.480 e. The van der Waals surface area contributed by atoms with Gasteiger partial charge in [0.2, 0.25) is 5.91 Å². The van der Waals surface area contributed by atoms with Gasteiger partial charge < -0.3 is 20.1 Å². The van der Waals surface area contributed by atoms with Gasteiger partial charge in [0.15, 0.2) is 0 Å². The fourth-order valence-corrected chi connectivity index (χ4v) is 4.79. The second-order valence-electron chi connectivity index (χ2n) is 10.3. The molecule has 2 amide bonds. The van der Waals surface area contributed by atoms with Crippen LogP contribution in [-0.4, -0.2) is 54.7 Å². The number of fused-ring (bicyclic) bond motifs is 3. The summed E-state index contributed by atoms with van der Waals surface area (Å²) in [6.45, 7) is 6.73. The molecule has 1 atom stereocenters. The van der Waals surface area contributed by atoms with Gasteiger partial charge in [-0.05, 0) is 46.4 Å². The third-order valence-electron chi connectivity index (χ3n) is 6.84. The monoisotopic (exact) mass is 480 g/mol. The van der Waals surface area contributed by atoms with Crippen molar-refractivity contribution >= 4 is 18.0 Å². The highest BCUT2D eigenvalue weighted by Crippen LogP contribution is 2.44. The molecule has 1 aliphatic carbocycles. The normalized spacial score (nSPS) is 13.5. The van der Waals surface area contributed by atoms with E-state index in [0.29, 0.717) is 19.4 Å². The molecule has 0 aliphatic heterocycles. The van der Waals surface area contributed by atoms with Crippen LogP contribution in [0.25, 0.3) is 11.1 Å². The topological polar surface area (TPSA) is 95.9 Å². The van der Waals surface area contributed by atoms with E-state index in [1.54, 1.807) is 0 Å². The van der Waals surface area contributed by atoms with Crippen molar-refractivity contribution in [2.45, 2.75) is 46.0 Å². The standard InChI is InChI=1S/C28H36N2O5/c1-28(2,3)19(13-14-25(31)30(4)17-26(32)33)15-16-29-27(34)35-18-24-22-11-7-5-9-20(22)21-10-6-8-12-23(21)24/h5-12,19,24H,13-18H2,1-4H3,(H,29,34)(H,32,33). The Morgan fingerprint density at radius 3 is 2.11 bits per heavy atom. The van der Waals surface area contributed by atoms with E-state index in [2.05, 4.69) is 50.4 Å². The summed E-state index contributed by atoms with van der Waals surface area (Å²) in [6, 6.07) is 16.4. The number of nitrogens with zero attached hydrogens (tertiary/aromatic N) is 1. The van der Waals surface area contributed by atoms with Gasteiger partial charge in [0.05, 0.1) is 0 Å². The highest BCUT2D eigenvalue weighted by molar-refractivity contribution is 5.81. The number of carboxylic acids is 1. The number of hydrogen-bond acceptors (Lipinski definition) is 4. The molecular formula is C28H36N2O5. The molecule has 2 aromatic carbocycles. The number of alkyl carbamates (subject to hydrolysis) is 1. The molecule has 1 aliphatic rings. The van der Waals surface area contributed by atoms with Crippen LogP contribution in [0.2, 0.25) is 0 Å². The van der Waals surface area contributed by atoms with Crippen LogP contribution >= 0.6 is 0 Å². The van der Waals surface area contributed by atoms with Crippen molar-refractivity contribution in [1.29, 1.82) is 0 Å². The van der Waals surface area contributed by atoms with Crippen LogP contribution in [0.15, 0.2) is 48.5 Å². The number of likely N-dealkylation sites (N-methyl/N-ethyl adjacent to an activating group) is 1. The van der Waals surface area contributed by atoms with Gasteiger partial charge in [-0.3, -0.25) is 9.59 Å². The molecule has 0 aromatic heterocycles. The van der Waals surface area contributed by atoms with Crippen molar-refractivity contribution in [2.24, 2.45) is 11.3 Å². The maximum absolute atomic E-state index is 12.5. The van der Waals surface area contributed by atoms with Gasteiger partial charge in [-0.15, -0.1) is 0 Å². The van der Waals surface area contributed by atoms with E-state index in [0.717, 1.165) is 0 Å². The summed E-state index contributed by atoms with van der Waals surface area (Å²) in [6.07, 6.45) is 1.15. The zero-order valence-electron chi connectivity index (χ0n) is 21.0. The summed E-state index contributed by atoms with van der Waals surface area (Å²) in [5.41, 5.74) is 4.66. The highest BCUT2D eigenvalue weighted by Gasteiger charge is 2.29. The number of amides is 2. The van der Waals surface area contributed by atoms with Gasteiger partial charge in [-0.2, -0.15) is 0 Å². The smallest absolute Gasteiger partial charge is 0.407 e. The van der Waals surface area contributed by atoms with Crippen LogP contribution in [-0.2, 0) is 14.3 Å². The number of benzene rings is 2. The molecule has 3 rings (SSSR count). The lowest BCUT2D eigenvalue weighted by molar-refractivity contribution is -0.143. The van der Waals surface area contributed by atoms with Crippen LogP contribution in [0.1, 0.15) is 57.1 Å². The number of ether oxygens (including phenoxy) is 1. The number of carbonyl (C=O) groups is 3. The van der Waals surface area contributed by atoms with Crippen molar-refractivity contribution in [1.82, 2.24) is 10.2 Å². The average molecular weight is 481 g/mol.